The molecule has 0 fully saturated rings. The summed E-state index contributed by atoms with van der Waals surface area (Å²) < 4.78 is 0. The van der Waals surface area contributed by atoms with Crippen molar-refractivity contribution in [3.05, 3.63) is 47.5 Å². The molecule has 0 saturated heterocycles. The Hall–Kier alpha value is -1.67. The Kier molecular flexibility index (Phi) is 2.04. The second-order valence-corrected chi connectivity index (χ2v) is 4.08. The number of nitrogens with one attached hydrogen (secondary N) is 1. The highest BCUT2D eigenvalue weighted by Crippen LogP contribution is 2.36. The number of rotatable bonds is 1. The fourth-order valence-corrected chi connectivity index (χ4v) is 2.67. The van der Waals surface area contributed by atoms with E-state index in [0.717, 1.165) is 5.71 Å². The quantitative estimate of drug-likeness (QED) is 0.768. The van der Waals surface area contributed by atoms with Crippen molar-refractivity contribution in [2.45, 2.75) is 6.04 Å². The minimum Gasteiger partial charge on any atom is -0.308 e. The topological polar surface area (TPSA) is 24.4 Å². The maximum absolute atomic E-state index is 4.43. The van der Waals surface area contributed by atoms with Crippen LogP contribution in [0.25, 0.3) is 10.8 Å². The van der Waals surface area contributed by atoms with Gasteiger partial charge in [0.25, 0.3) is 0 Å². The Labute approximate surface area is 95.0 Å². The van der Waals surface area contributed by atoms with E-state index >= 15 is 0 Å². The Bertz CT molecular complexity index is 579. The molecule has 0 aromatic heterocycles. The van der Waals surface area contributed by atoms with E-state index in [-0.39, 0.29) is 6.04 Å². The van der Waals surface area contributed by atoms with Gasteiger partial charge in [0.05, 0.1) is 11.8 Å². The summed E-state index contributed by atoms with van der Waals surface area (Å²) in [7, 11) is 3.85. The molecule has 3 rings (SSSR count). The van der Waals surface area contributed by atoms with Crippen LogP contribution in [0.15, 0.2) is 41.4 Å². The second kappa shape index (κ2) is 3.42. The molecule has 80 valence electrons. The molecule has 2 aromatic rings. The average Bonchev–Trinajstić information content (AvgIpc) is 2.65. The SMILES string of the molecule is CN=C1c2cccc3cccc(c23)C1NC. The third kappa shape index (κ3) is 1.08. The fourth-order valence-electron chi connectivity index (χ4n) is 2.67. The smallest absolute Gasteiger partial charge is 0.0757 e. The van der Waals surface area contributed by atoms with Crippen molar-refractivity contribution < 1.29 is 0 Å². The predicted octanol–water partition coefficient (Wildman–Crippen LogP) is 2.53. The highest BCUT2D eigenvalue weighted by atomic mass is 14.9. The first-order valence-corrected chi connectivity index (χ1v) is 5.52. The van der Waals surface area contributed by atoms with Crippen molar-refractivity contribution in [2.75, 3.05) is 14.1 Å². The van der Waals surface area contributed by atoms with Gasteiger partial charge in [0.1, 0.15) is 0 Å². The largest absolute Gasteiger partial charge is 0.308 e. The Morgan fingerprint density at radius 2 is 1.88 bits per heavy atom. The summed E-state index contributed by atoms with van der Waals surface area (Å²) in [5, 5.41) is 5.99. The van der Waals surface area contributed by atoms with Crippen molar-refractivity contribution >= 4 is 16.5 Å². The van der Waals surface area contributed by atoms with Gasteiger partial charge in [-0.05, 0) is 23.4 Å². The lowest BCUT2D eigenvalue weighted by Gasteiger charge is -2.11. The van der Waals surface area contributed by atoms with Gasteiger partial charge >= 0.3 is 0 Å². The lowest BCUT2D eigenvalue weighted by Crippen LogP contribution is -2.21. The molecule has 0 saturated carbocycles. The van der Waals surface area contributed by atoms with Crippen LogP contribution >= 0.6 is 0 Å². The number of likely N-dealkylation sites (N-methyl/N-ethyl adjacent to an activating group) is 1. The van der Waals surface area contributed by atoms with Crippen LogP contribution in [0.3, 0.4) is 0 Å². The molecular formula is C14H14N2. The van der Waals surface area contributed by atoms with Gasteiger partial charge in [-0.25, -0.2) is 0 Å². The standard InChI is InChI=1S/C14H14N2/c1-15-13-10-7-3-5-9-6-4-8-11(12(9)10)14(13)16-2/h3-8,13,15H,1-2H3. The van der Waals surface area contributed by atoms with Crippen molar-refractivity contribution in [1.82, 2.24) is 5.32 Å². The van der Waals surface area contributed by atoms with Gasteiger partial charge in [0.15, 0.2) is 0 Å². The lowest BCUT2D eigenvalue weighted by molar-refractivity contribution is 0.762. The lowest BCUT2D eigenvalue weighted by atomic mass is 10.0. The Balaban J connectivity index is 2.43. The molecule has 1 unspecified atom stereocenters. The van der Waals surface area contributed by atoms with Gasteiger partial charge in [-0.15, -0.1) is 0 Å². The summed E-state index contributed by atoms with van der Waals surface area (Å²) in [6.07, 6.45) is 0. The van der Waals surface area contributed by atoms with Crippen LogP contribution < -0.4 is 5.32 Å². The molecule has 16 heavy (non-hydrogen) atoms. The van der Waals surface area contributed by atoms with Crippen molar-refractivity contribution in [3.8, 4) is 0 Å². The average molecular weight is 210 g/mol. The number of benzene rings is 2. The normalized spacial score (nSPS) is 20.9. The van der Waals surface area contributed by atoms with Crippen LogP contribution in [0.4, 0.5) is 0 Å². The molecule has 2 heteroatoms. The van der Waals surface area contributed by atoms with Crippen LogP contribution in [-0.2, 0) is 0 Å². The highest BCUT2D eigenvalue weighted by Gasteiger charge is 2.28. The fraction of sp³-hybridized carbons (Fsp3) is 0.214. The van der Waals surface area contributed by atoms with Gasteiger partial charge in [0, 0.05) is 12.6 Å². The second-order valence-electron chi connectivity index (χ2n) is 4.08. The molecular weight excluding hydrogens is 196 g/mol. The third-order valence-electron chi connectivity index (χ3n) is 3.33. The molecule has 2 nitrogen and oxygen atoms in total. The van der Waals surface area contributed by atoms with Crippen LogP contribution in [0.1, 0.15) is 17.2 Å². The van der Waals surface area contributed by atoms with Gasteiger partial charge in [-0.3, -0.25) is 4.99 Å². The molecule has 0 aliphatic heterocycles. The van der Waals surface area contributed by atoms with Crippen molar-refractivity contribution in [1.29, 1.82) is 0 Å². The van der Waals surface area contributed by atoms with Crippen LogP contribution in [-0.4, -0.2) is 19.8 Å². The minimum atomic E-state index is 0.242. The van der Waals surface area contributed by atoms with Crippen LogP contribution in [0.2, 0.25) is 0 Å². The van der Waals surface area contributed by atoms with E-state index in [9.17, 15) is 0 Å². The maximum Gasteiger partial charge on any atom is 0.0757 e. The van der Waals surface area contributed by atoms with Crippen LogP contribution in [0.5, 0.6) is 0 Å². The monoisotopic (exact) mass is 210 g/mol. The molecule has 0 amide bonds. The first-order valence-electron chi connectivity index (χ1n) is 5.52. The van der Waals surface area contributed by atoms with Gasteiger partial charge in [-0.2, -0.15) is 0 Å². The summed E-state index contributed by atoms with van der Waals surface area (Å²) in [6.45, 7) is 0. The van der Waals surface area contributed by atoms with E-state index < -0.39 is 0 Å². The predicted molar refractivity (Wildman–Crippen MR) is 68.2 cm³/mol. The molecule has 0 bridgehead atoms. The summed E-state index contributed by atoms with van der Waals surface area (Å²) in [6, 6.07) is 13.1. The summed E-state index contributed by atoms with van der Waals surface area (Å²) >= 11 is 0. The number of hydrogen-bond acceptors (Lipinski definition) is 2. The van der Waals surface area contributed by atoms with Crippen LogP contribution in [0, 0.1) is 0 Å². The molecule has 0 heterocycles. The zero-order valence-corrected chi connectivity index (χ0v) is 9.49. The zero-order valence-electron chi connectivity index (χ0n) is 9.49. The van der Waals surface area contributed by atoms with Gasteiger partial charge in [-0.1, -0.05) is 36.4 Å². The Morgan fingerprint density at radius 3 is 2.56 bits per heavy atom. The molecule has 0 spiro atoms. The number of nitrogens with zero attached hydrogens (tertiary/aromatic N) is 1. The van der Waals surface area contributed by atoms with Gasteiger partial charge < -0.3 is 5.32 Å². The Morgan fingerprint density at radius 1 is 1.12 bits per heavy atom. The first kappa shape index (κ1) is 9.55. The molecule has 1 aliphatic rings. The first-order chi connectivity index (χ1) is 7.86. The van der Waals surface area contributed by atoms with Gasteiger partial charge in [0.2, 0.25) is 0 Å². The molecule has 1 atom stereocenters. The van der Waals surface area contributed by atoms with E-state index in [1.165, 1.54) is 21.9 Å². The molecule has 1 N–H and O–H groups in total. The third-order valence-corrected chi connectivity index (χ3v) is 3.33. The summed E-state index contributed by atoms with van der Waals surface area (Å²) in [5.74, 6) is 0. The minimum absolute atomic E-state index is 0.242. The maximum atomic E-state index is 4.43. The van der Waals surface area contributed by atoms with E-state index in [1.807, 2.05) is 14.1 Å². The summed E-state index contributed by atoms with van der Waals surface area (Å²) in [5.41, 5.74) is 3.76. The van der Waals surface area contributed by atoms with E-state index in [4.69, 9.17) is 0 Å². The van der Waals surface area contributed by atoms with E-state index in [0.29, 0.717) is 0 Å². The molecule has 0 radical (unpaired) electrons. The van der Waals surface area contributed by atoms with E-state index in [2.05, 4.69) is 46.7 Å². The number of hydrogen-bond donors (Lipinski definition) is 1. The molecule has 2 aromatic carbocycles. The zero-order chi connectivity index (χ0) is 11.1. The highest BCUT2D eigenvalue weighted by molar-refractivity contribution is 6.20. The number of aliphatic imine (C=N–C) groups is 1. The summed E-state index contributed by atoms with van der Waals surface area (Å²) in [4.78, 5) is 4.43. The van der Waals surface area contributed by atoms with E-state index in [1.54, 1.807) is 0 Å². The van der Waals surface area contributed by atoms with Crippen molar-refractivity contribution in [3.63, 3.8) is 0 Å². The van der Waals surface area contributed by atoms with Crippen molar-refractivity contribution in [2.24, 2.45) is 4.99 Å². The molecule has 1 aliphatic carbocycles.